The molecule has 2 heterocycles. The zero-order valence-corrected chi connectivity index (χ0v) is 11.4. The predicted octanol–water partition coefficient (Wildman–Crippen LogP) is 1.24. The number of aliphatic imine (C=N–C) groups is 1. The lowest BCUT2D eigenvalue weighted by Gasteiger charge is -2.21. The standard InChI is InChI=1S/C13H13F2N3O3/c1-3-6-5-16-8(4-7(6)10(19)20)9-17-12(21)13(2,18-9)11(14)15/h4-5,11H,3H2,1-2H3,(H,19,20)(H,17,18,21). The highest BCUT2D eigenvalue weighted by Gasteiger charge is 2.48. The maximum atomic E-state index is 12.9. The van der Waals surface area contributed by atoms with Gasteiger partial charge in [0.15, 0.2) is 11.4 Å². The summed E-state index contributed by atoms with van der Waals surface area (Å²) in [5.74, 6) is -2.31. The zero-order chi connectivity index (χ0) is 15.8. The smallest absolute Gasteiger partial charge is 0.336 e. The highest BCUT2D eigenvalue weighted by molar-refractivity contribution is 6.13. The molecule has 21 heavy (non-hydrogen) atoms. The van der Waals surface area contributed by atoms with E-state index in [-0.39, 0.29) is 17.1 Å². The molecule has 1 aliphatic heterocycles. The third kappa shape index (κ3) is 2.48. The molecule has 8 heteroatoms. The van der Waals surface area contributed by atoms with Crippen LogP contribution in [0.2, 0.25) is 0 Å². The molecule has 0 saturated heterocycles. The normalized spacial score (nSPS) is 21.4. The van der Waals surface area contributed by atoms with E-state index in [1.54, 1.807) is 6.92 Å². The van der Waals surface area contributed by atoms with Crippen LogP contribution >= 0.6 is 0 Å². The van der Waals surface area contributed by atoms with Crippen molar-refractivity contribution in [3.63, 3.8) is 0 Å². The number of aryl methyl sites for hydroxylation is 1. The number of amides is 1. The monoisotopic (exact) mass is 297 g/mol. The maximum absolute atomic E-state index is 12.9. The van der Waals surface area contributed by atoms with Gasteiger partial charge in [-0.2, -0.15) is 4.99 Å². The van der Waals surface area contributed by atoms with E-state index in [2.05, 4.69) is 15.3 Å². The number of hydrogen-bond acceptors (Lipinski definition) is 4. The Bertz CT molecular complexity index is 646. The van der Waals surface area contributed by atoms with Crippen LogP contribution < -0.4 is 5.32 Å². The van der Waals surface area contributed by atoms with Gasteiger partial charge in [0.25, 0.3) is 12.3 Å². The van der Waals surface area contributed by atoms with Crippen LogP contribution in [0.4, 0.5) is 8.78 Å². The summed E-state index contributed by atoms with van der Waals surface area (Å²) in [6, 6.07) is 1.22. The zero-order valence-electron chi connectivity index (χ0n) is 11.4. The van der Waals surface area contributed by atoms with Crippen molar-refractivity contribution >= 4 is 17.7 Å². The first-order valence-corrected chi connectivity index (χ1v) is 6.21. The van der Waals surface area contributed by atoms with Crippen LogP contribution in [0.15, 0.2) is 17.3 Å². The number of carboxylic acid groups (broad SMARTS) is 1. The number of halogens is 2. The van der Waals surface area contributed by atoms with Crippen LogP contribution in [-0.4, -0.2) is 39.8 Å². The second-order valence-electron chi connectivity index (χ2n) is 4.78. The SMILES string of the molecule is CCc1cnc(C2=NC(=O)C(C)(C(F)F)N2)cc1C(=O)O. The molecule has 0 bridgehead atoms. The number of rotatable bonds is 4. The van der Waals surface area contributed by atoms with Crippen molar-refractivity contribution in [1.82, 2.24) is 10.3 Å². The Kier molecular flexibility index (Phi) is 3.71. The first-order valence-electron chi connectivity index (χ1n) is 6.21. The van der Waals surface area contributed by atoms with E-state index in [4.69, 9.17) is 5.11 Å². The second-order valence-corrected chi connectivity index (χ2v) is 4.78. The molecule has 1 aliphatic rings. The summed E-state index contributed by atoms with van der Waals surface area (Å²) in [6.45, 7) is 2.81. The van der Waals surface area contributed by atoms with Crippen LogP contribution in [0.1, 0.15) is 35.5 Å². The molecular formula is C13H13F2N3O3. The van der Waals surface area contributed by atoms with Gasteiger partial charge in [-0.15, -0.1) is 0 Å². The molecule has 0 aromatic carbocycles. The molecule has 1 aromatic rings. The number of aromatic carboxylic acids is 1. The molecule has 0 radical (unpaired) electrons. The molecule has 1 amide bonds. The minimum Gasteiger partial charge on any atom is -0.478 e. The van der Waals surface area contributed by atoms with E-state index in [1.165, 1.54) is 12.3 Å². The van der Waals surface area contributed by atoms with Gasteiger partial charge in [0, 0.05) is 6.20 Å². The number of pyridine rings is 1. The van der Waals surface area contributed by atoms with Gasteiger partial charge < -0.3 is 10.4 Å². The topological polar surface area (TPSA) is 91.7 Å². The summed E-state index contributed by atoms with van der Waals surface area (Å²) in [7, 11) is 0. The Labute approximate surface area is 118 Å². The minimum atomic E-state index is -2.94. The highest BCUT2D eigenvalue weighted by atomic mass is 19.3. The van der Waals surface area contributed by atoms with Gasteiger partial charge in [0.2, 0.25) is 0 Å². The fourth-order valence-electron chi connectivity index (χ4n) is 1.91. The van der Waals surface area contributed by atoms with Crippen molar-refractivity contribution in [2.24, 2.45) is 4.99 Å². The first-order chi connectivity index (χ1) is 9.79. The molecule has 0 spiro atoms. The Hall–Kier alpha value is -2.38. The molecule has 112 valence electrons. The maximum Gasteiger partial charge on any atom is 0.336 e. The summed E-state index contributed by atoms with van der Waals surface area (Å²) >= 11 is 0. The summed E-state index contributed by atoms with van der Waals surface area (Å²) in [5, 5.41) is 11.5. The Morgan fingerprint density at radius 1 is 1.52 bits per heavy atom. The number of carbonyl (C=O) groups excluding carboxylic acids is 1. The molecule has 2 rings (SSSR count). The minimum absolute atomic E-state index is 0.00472. The van der Waals surface area contributed by atoms with Crippen LogP contribution in [-0.2, 0) is 11.2 Å². The van der Waals surface area contributed by atoms with E-state index >= 15 is 0 Å². The van der Waals surface area contributed by atoms with E-state index in [0.717, 1.165) is 6.92 Å². The number of nitrogens with zero attached hydrogens (tertiary/aromatic N) is 2. The van der Waals surface area contributed by atoms with Crippen molar-refractivity contribution in [1.29, 1.82) is 0 Å². The lowest BCUT2D eigenvalue weighted by atomic mass is 10.0. The van der Waals surface area contributed by atoms with E-state index in [9.17, 15) is 18.4 Å². The average Bonchev–Trinajstić information content (AvgIpc) is 2.75. The summed E-state index contributed by atoms with van der Waals surface area (Å²) < 4.78 is 25.8. The second kappa shape index (κ2) is 5.19. The summed E-state index contributed by atoms with van der Waals surface area (Å²) in [6.07, 6.45) is -1.14. The van der Waals surface area contributed by atoms with Gasteiger partial charge in [-0.25, -0.2) is 13.6 Å². The molecular weight excluding hydrogens is 284 g/mol. The summed E-state index contributed by atoms with van der Waals surface area (Å²) in [5.41, 5.74) is -1.55. The quantitative estimate of drug-likeness (QED) is 0.872. The molecule has 2 N–H and O–H groups in total. The van der Waals surface area contributed by atoms with Crippen LogP contribution in [0.25, 0.3) is 0 Å². The third-order valence-corrected chi connectivity index (χ3v) is 3.31. The van der Waals surface area contributed by atoms with Crippen LogP contribution in [0, 0.1) is 0 Å². The number of alkyl halides is 2. The number of carbonyl (C=O) groups is 2. The molecule has 1 atom stereocenters. The highest BCUT2D eigenvalue weighted by Crippen LogP contribution is 2.23. The Morgan fingerprint density at radius 2 is 2.19 bits per heavy atom. The van der Waals surface area contributed by atoms with Crippen molar-refractivity contribution in [3.05, 3.63) is 29.1 Å². The van der Waals surface area contributed by atoms with Gasteiger partial charge in [-0.3, -0.25) is 9.78 Å². The van der Waals surface area contributed by atoms with Crippen molar-refractivity contribution in [2.45, 2.75) is 32.2 Å². The third-order valence-electron chi connectivity index (χ3n) is 3.31. The average molecular weight is 297 g/mol. The van der Waals surface area contributed by atoms with Crippen molar-refractivity contribution in [2.75, 3.05) is 0 Å². The lowest BCUT2D eigenvalue weighted by Crippen LogP contribution is -2.51. The number of amidine groups is 1. The van der Waals surface area contributed by atoms with Gasteiger partial charge in [-0.05, 0) is 25.0 Å². The largest absolute Gasteiger partial charge is 0.478 e. The molecule has 0 saturated carbocycles. The Balaban J connectivity index is 2.41. The molecule has 1 unspecified atom stereocenters. The van der Waals surface area contributed by atoms with Gasteiger partial charge >= 0.3 is 5.97 Å². The van der Waals surface area contributed by atoms with Crippen LogP contribution in [0.5, 0.6) is 0 Å². The molecule has 6 nitrogen and oxygen atoms in total. The molecule has 0 fully saturated rings. The van der Waals surface area contributed by atoms with Gasteiger partial charge in [-0.1, -0.05) is 6.92 Å². The number of nitrogens with one attached hydrogen (secondary N) is 1. The fourth-order valence-corrected chi connectivity index (χ4v) is 1.91. The number of hydrogen-bond donors (Lipinski definition) is 2. The van der Waals surface area contributed by atoms with E-state index < -0.39 is 23.8 Å². The fraction of sp³-hybridized carbons (Fsp3) is 0.385. The Morgan fingerprint density at radius 3 is 2.67 bits per heavy atom. The van der Waals surface area contributed by atoms with Crippen LogP contribution in [0.3, 0.4) is 0 Å². The number of aromatic nitrogens is 1. The predicted molar refractivity (Wildman–Crippen MR) is 69.7 cm³/mol. The van der Waals surface area contributed by atoms with Gasteiger partial charge in [0.05, 0.1) is 5.56 Å². The summed E-state index contributed by atoms with van der Waals surface area (Å²) in [4.78, 5) is 30.3. The van der Waals surface area contributed by atoms with Crippen molar-refractivity contribution < 1.29 is 23.5 Å². The first kappa shape index (κ1) is 15.0. The molecule has 0 aliphatic carbocycles. The molecule has 1 aromatic heterocycles. The van der Waals surface area contributed by atoms with E-state index in [1.807, 2.05) is 0 Å². The number of carboxylic acids is 1. The lowest BCUT2D eigenvalue weighted by molar-refractivity contribution is -0.127. The van der Waals surface area contributed by atoms with E-state index in [0.29, 0.717) is 12.0 Å². The van der Waals surface area contributed by atoms with Crippen molar-refractivity contribution in [3.8, 4) is 0 Å². The van der Waals surface area contributed by atoms with Gasteiger partial charge in [0.1, 0.15) is 5.69 Å².